The largest absolute Gasteiger partial charge is 0.497 e. The molecule has 0 spiro atoms. The third-order valence-electron chi connectivity index (χ3n) is 3.94. The molecule has 0 fully saturated rings. The van der Waals surface area contributed by atoms with Gasteiger partial charge in [-0.25, -0.2) is 13.1 Å². The summed E-state index contributed by atoms with van der Waals surface area (Å²) in [5.74, 6) is 0.559. The van der Waals surface area contributed by atoms with Crippen molar-refractivity contribution in [3.8, 4) is 5.75 Å². The Morgan fingerprint density at radius 1 is 1.27 bits per heavy atom. The van der Waals surface area contributed by atoms with E-state index >= 15 is 0 Å². The van der Waals surface area contributed by atoms with E-state index in [1.54, 1.807) is 49.2 Å². The van der Waals surface area contributed by atoms with Crippen molar-refractivity contribution < 1.29 is 17.9 Å². The third kappa shape index (κ3) is 4.38. The molecule has 1 atom stereocenters. The lowest BCUT2D eigenvalue weighted by molar-refractivity contribution is -0.116. The highest BCUT2D eigenvalue weighted by atomic mass is 32.2. The SMILES string of the molecule is COc1cccc(CNS(=O)(=O)c2ccc3c(c2)NC(=O)C[C@H](C)S3)c1. The van der Waals surface area contributed by atoms with Crippen LogP contribution in [0.5, 0.6) is 5.75 Å². The number of fused-ring (bicyclic) bond motifs is 1. The van der Waals surface area contributed by atoms with Gasteiger partial charge in [0, 0.05) is 23.1 Å². The summed E-state index contributed by atoms with van der Waals surface area (Å²) in [6.45, 7) is 2.12. The molecule has 2 N–H and O–H groups in total. The molecule has 138 valence electrons. The summed E-state index contributed by atoms with van der Waals surface area (Å²) < 4.78 is 33.0. The molecule has 0 bridgehead atoms. The van der Waals surface area contributed by atoms with Crippen molar-refractivity contribution in [1.29, 1.82) is 0 Å². The van der Waals surface area contributed by atoms with Gasteiger partial charge in [0.25, 0.3) is 0 Å². The second-order valence-corrected chi connectivity index (χ2v) is 9.26. The van der Waals surface area contributed by atoms with Gasteiger partial charge in [0.2, 0.25) is 15.9 Å². The van der Waals surface area contributed by atoms with E-state index in [-0.39, 0.29) is 22.6 Å². The molecule has 0 radical (unpaired) electrons. The van der Waals surface area contributed by atoms with Crippen molar-refractivity contribution in [2.24, 2.45) is 0 Å². The smallest absolute Gasteiger partial charge is 0.240 e. The van der Waals surface area contributed by atoms with Gasteiger partial charge in [0.15, 0.2) is 0 Å². The van der Waals surface area contributed by atoms with Crippen LogP contribution in [0.2, 0.25) is 0 Å². The number of hydrogen-bond donors (Lipinski definition) is 2. The standard InChI is InChI=1S/C18H20N2O4S2/c1-12-8-18(21)20-16-10-15(6-7-17(16)25-12)26(22,23)19-11-13-4-3-5-14(9-13)24-2/h3-7,9-10,12,19H,8,11H2,1-2H3,(H,20,21)/t12-/m0/s1. The molecular formula is C18H20N2O4S2. The van der Waals surface area contributed by atoms with Crippen molar-refractivity contribution in [2.75, 3.05) is 12.4 Å². The molecule has 3 rings (SSSR count). The van der Waals surface area contributed by atoms with Crippen LogP contribution in [-0.2, 0) is 21.4 Å². The Labute approximate surface area is 157 Å². The Hall–Kier alpha value is -2.03. The van der Waals surface area contributed by atoms with Gasteiger partial charge >= 0.3 is 0 Å². The first-order chi connectivity index (χ1) is 12.4. The molecule has 8 heteroatoms. The van der Waals surface area contributed by atoms with Crippen molar-refractivity contribution in [3.05, 3.63) is 48.0 Å². The van der Waals surface area contributed by atoms with Gasteiger partial charge in [0.1, 0.15) is 5.75 Å². The summed E-state index contributed by atoms with van der Waals surface area (Å²) in [5.41, 5.74) is 1.33. The predicted molar refractivity (Wildman–Crippen MR) is 102 cm³/mol. The zero-order valence-corrected chi connectivity index (χ0v) is 16.1. The molecular weight excluding hydrogens is 372 g/mol. The third-order valence-corrected chi connectivity index (χ3v) is 6.51. The van der Waals surface area contributed by atoms with E-state index in [1.165, 1.54) is 6.07 Å². The summed E-state index contributed by atoms with van der Waals surface area (Å²) >= 11 is 1.56. The number of ether oxygens (including phenoxy) is 1. The second-order valence-electron chi connectivity index (χ2n) is 6.01. The maximum atomic E-state index is 12.6. The van der Waals surface area contributed by atoms with Crippen molar-refractivity contribution in [1.82, 2.24) is 4.72 Å². The fraction of sp³-hybridized carbons (Fsp3) is 0.278. The molecule has 6 nitrogen and oxygen atoms in total. The van der Waals surface area contributed by atoms with Crippen LogP contribution in [0.25, 0.3) is 0 Å². The molecule has 1 aliphatic rings. The highest BCUT2D eigenvalue weighted by molar-refractivity contribution is 8.00. The van der Waals surface area contributed by atoms with E-state index in [2.05, 4.69) is 10.0 Å². The van der Waals surface area contributed by atoms with E-state index in [0.29, 0.717) is 17.9 Å². The van der Waals surface area contributed by atoms with Crippen LogP contribution in [-0.4, -0.2) is 26.7 Å². The molecule has 2 aromatic carbocycles. The first-order valence-corrected chi connectivity index (χ1v) is 10.5. The lowest BCUT2D eigenvalue weighted by atomic mass is 10.2. The quantitative estimate of drug-likeness (QED) is 0.817. The fourth-order valence-corrected chi connectivity index (χ4v) is 4.74. The lowest BCUT2D eigenvalue weighted by Gasteiger charge is -2.11. The Balaban J connectivity index is 1.80. The number of anilines is 1. The van der Waals surface area contributed by atoms with Crippen molar-refractivity contribution in [3.63, 3.8) is 0 Å². The topological polar surface area (TPSA) is 84.5 Å². The van der Waals surface area contributed by atoms with Crippen LogP contribution in [0, 0.1) is 0 Å². The zero-order chi connectivity index (χ0) is 18.7. The number of carbonyl (C=O) groups is 1. The Morgan fingerprint density at radius 2 is 2.08 bits per heavy atom. The fourth-order valence-electron chi connectivity index (χ4n) is 2.64. The number of rotatable bonds is 5. The van der Waals surface area contributed by atoms with E-state index in [1.807, 2.05) is 13.0 Å². The van der Waals surface area contributed by atoms with Gasteiger partial charge in [-0.1, -0.05) is 19.1 Å². The lowest BCUT2D eigenvalue weighted by Crippen LogP contribution is -2.23. The number of nitrogens with one attached hydrogen (secondary N) is 2. The van der Waals surface area contributed by atoms with Crippen LogP contribution in [0.15, 0.2) is 52.3 Å². The second kappa shape index (κ2) is 7.69. The van der Waals surface area contributed by atoms with Gasteiger partial charge in [-0.3, -0.25) is 4.79 Å². The highest BCUT2D eigenvalue weighted by Gasteiger charge is 2.22. The Morgan fingerprint density at radius 3 is 2.85 bits per heavy atom. The minimum Gasteiger partial charge on any atom is -0.497 e. The molecule has 0 saturated heterocycles. The van der Waals surface area contributed by atoms with Crippen LogP contribution >= 0.6 is 11.8 Å². The zero-order valence-electron chi connectivity index (χ0n) is 14.5. The number of thioether (sulfide) groups is 1. The molecule has 1 amide bonds. The predicted octanol–water partition coefficient (Wildman–Crippen LogP) is 3.00. The number of carbonyl (C=O) groups excluding carboxylic acids is 1. The van der Waals surface area contributed by atoms with Crippen LogP contribution in [0.1, 0.15) is 18.9 Å². The van der Waals surface area contributed by atoms with Crippen LogP contribution in [0.4, 0.5) is 5.69 Å². The number of hydrogen-bond acceptors (Lipinski definition) is 5. The summed E-state index contributed by atoms with van der Waals surface area (Å²) in [7, 11) is -2.14. The number of sulfonamides is 1. The van der Waals surface area contributed by atoms with Gasteiger partial charge in [0.05, 0.1) is 17.7 Å². The minimum atomic E-state index is -3.71. The molecule has 0 saturated carbocycles. The number of methoxy groups -OCH3 is 1. The summed E-state index contributed by atoms with van der Waals surface area (Å²) in [5, 5.41) is 2.93. The van der Waals surface area contributed by atoms with Gasteiger partial charge < -0.3 is 10.1 Å². The average molecular weight is 393 g/mol. The monoisotopic (exact) mass is 392 g/mol. The molecule has 2 aromatic rings. The van der Waals surface area contributed by atoms with Gasteiger partial charge in [-0.05, 0) is 35.9 Å². The molecule has 0 aromatic heterocycles. The molecule has 26 heavy (non-hydrogen) atoms. The number of benzene rings is 2. The normalized spacial score (nSPS) is 17.2. The van der Waals surface area contributed by atoms with Crippen molar-refractivity contribution in [2.45, 2.75) is 34.9 Å². The van der Waals surface area contributed by atoms with E-state index in [9.17, 15) is 13.2 Å². The minimum absolute atomic E-state index is 0.109. The summed E-state index contributed by atoms with van der Waals surface area (Å²) in [6, 6.07) is 12.0. The molecule has 1 heterocycles. The molecule has 0 aliphatic carbocycles. The summed E-state index contributed by atoms with van der Waals surface area (Å²) in [4.78, 5) is 12.9. The Kier molecular flexibility index (Phi) is 5.55. The van der Waals surface area contributed by atoms with Crippen LogP contribution in [0.3, 0.4) is 0 Å². The summed E-state index contributed by atoms with van der Waals surface area (Å²) in [6.07, 6.45) is 0.398. The van der Waals surface area contributed by atoms with Gasteiger partial charge in [-0.2, -0.15) is 0 Å². The van der Waals surface area contributed by atoms with Crippen molar-refractivity contribution >= 4 is 33.4 Å². The van der Waals surface area contributed by atoms with E-state index < -0.39 is 10.0 Å². The average Bonchev–Trinajstić information content (AvgIpc) is 2.75. The maximum Gasteiger partial charge on any atom is 0.240 e. The first kappa shape index (κ1) is 18.8. The first-order valence-electron chi connectivity index (χ1n) is 8.10. The molecule has 0 unspecified atom stereocenters. The van der Waals surface area contributed by atoms with E-state index in [0.717, 1.165) is 10.5 Å². The van der Waals surface area contributed by atoms with E-state index in [4.69, 9.17) is 4.74 Å². The number of amides is 1. The van der Waals surface area contributed by atoms with Gasteiger partial charge in [-0.15, -0.1) is 11.8 Å². The molecule has 1 aliphatic heterocycles. The highest BCUT2D eigenvalue weighted by Crippen LogP contribution is 2.36. The van der Waals surface area contributed by atoms with Crippen LogP contribution < -0.4 is 14.8 Å². The Bertz CT molecular complexity index is 929. The maximum absolute atomic E-state index is 12.6.